The van der Waals surface area contributed by atoms with E-state index in [2.05, 4.69) is 22.4 Å². The molecule has 1 aliphatic heterocycles. The number of ether oxygens (including phenoxy) is 2. The summed E-state index contributed by atoms with van der Waals surface area (Å²) >= 11 is 14.0. The van der Waals surface area contributed by atoms with E-state index in [4.69, 9.17) is 37.7 Å². The van der Waals surface area contributed by atoms with E-state index in [1.165, 1.54) is 0 Å². The lowest BCUT2D eigenvalue weighted by Crippen LogP contribution is -2.29. The summed E-state index contributed by atoms with van der Waals surface area (Å²) in [7, 11) is 1.63. The molecule has 4 aromatic rings. The lowest BCUT2D eigenvalue weighted by molar-refractivity contribution is 0.146. The topological polar surface area (TPSA) is 59.8 Å². The van der Waals surface area contributed by atoms with Crippen LogP contribution >= 0.6 is 35.6 Å². The fraction of sp³-hybridized carbons (Fsp3) is 0.185. The average molecular weight is 538 g/mol. The van der Waals surface area contributed by atoms with Gasteiger partial charge in [0.25, 0.3) is 0 Å². The van der Waals surface area contributed by atoms with Crippen molar-refractivity contribution >= 4 is 46.4 Å². The highest BCUT2D eigenvalue weighted by molar-refractivity contribution is 7.99. The lowest BCUT2D eigenvalue weighted by Gasteiger charge is -2.26. The maximum Gasteiger partial charge on any atom is 0.174 e. The molecule has 2 aromatic carbocycles. The maximum atomic E-state index is 6.58. The van der Waals surface area contributed by atoms with Gasteiger partial charge in [-0.3, -0.25) is 4.98 Å². The van der Waals surface area contributed by atoms with Crippen LogP contribution in [0.4, 0.5) is 5.69 Å². The number of rotatable bonds is 9. The van der Waals surface area contributed by atoms with Gasteiger partial charge in [0.1, 0.15) is 24.2 Å². The van der Waals surface area contributed by atoms with Gasteiger partial charge in [0.2, 0.25) is 0 Å². The molecule has 2 atom stereocenters. The van der Waals surface area contributed by atoms with Gasteiger partial charge in [0.05, 0.1) is 23.4 Å². The van der Waals surface area contributed by atoms with Crippen LogP contribution < -0.4 is 15.0 Å². The van der Waals surface area contributed by atoms with Crippen LogP contribution in [0.2, 0.25) is 5.02 Å². The Morgan fingerprint density at radius 3 is 2.64 bits per heavy atom. The Labute approximate surface area is 224 Å². The first-order chi connectivity index (χ1) is 17.6. The van der Waals surface area contributed by atoms with Crippen LogP contribution in [0.1, 0.15) is 23.5 Å². The summed E-state index contributed by atoms with van der Waals surface area (Å²) in [5.41, 5.74) is 1.69. The number of nitrogens with one attached hydrogen (secondary N) is 1. The molecule has 3 heterocycles. The van der Waals surface area contributed by atoms with Crippen molar-refractivity contribution < 1.29 is 13.9 Å². The van der Waals surface area contributed by atoms with Crippen LogP contribution in [0.5, 0.6) is 5.75 Å². The van der Waals surface area contributed by atoms with E-state index in [9.17, 15) is 0 Å². The number of benzene rings is 2. The van der Waals surface area contributed by atoms with Crippen molar-refractivity contribution in [2.24, 2.45) is 0 Å². The molecule has 6 nitrogen and oxygen atoms in total. The van der Waals surface area contributed by atoms with Crippen LogP contribution in [0.3, 0.4) is 0 Å². The van der Waals surface area contributed by atoms with E-state index in [1.54, 1.807) is 25.1 Å². The zero-order valence-electron chi connectivity index (χ0n) is 19.5. The zero-order valence-corrected chi connectivity index (χ0v) is 21.9. The SMILES string of the molecule is COCCOc1ccc(N2C(=S)N[C@@H](c3ccccn3)[C@H]2c2ccc(Sc3ccccc3)o2)cc1Cl. The second-order valence-electron chi connectivity index (χ2n) is 8.02. The molecule has 0 radical (unpaired) electrons. The van der Waals surface area contributed by atoms with Gasteiger partial charge in [-0.2, -0.15) is 0 Å². The van der Waals surface area contributed by atoms with Crippen molar-refractivity contribution in [3.05, 3.63) is 102 Å². The van der Waals surface area contributed by atoms with E-state index >= 15 is 0 Å². The smallest absolute Gasteiger partial charge is 0.174 e. The van der Waals surface area contributed by atoms with Crippen molar-refractivity contribution in [3.8, 4) is 5.75 Å². The Kier molecular flexibility index (Phi) is 7.77. The summed E-state index contributed by atoms with van der Waals surface area (Å²) in [4.78, 5) is 7.72. The molecule has 0 unspecified atom stereocenters. The first-order valence-corrected chi connectivity index (χ1v) is 13.0. The Morgan fingerprint density at radius 2 is 1.89 bits per heavy atom. The molecule has 0 saturated carbocycles. The molecule has 5 rings (SSSR count). The van der Waals surface area contributed by atoms with Crippen molar-refractivity contribution in [2.75, 3.05) is 25.2 Å². The summed E-state index contributed by atoms with van der Waals surface area (Å²) in [5.74, 6) is 1.36. The highest BCUT2D eigenvalue weighted by Crippen LogP contribution is 2.44. The van der Waals surface area contributed by atoms with Gasteiger partial charge >= 0.3 is 0 Å². The Balaban J connectivity index is 1.49. The molecule has 1 N–H and O–H groups in total. The zero-order chi connectivity index (χ0) is 24.9. The van der Waals surface area contributed by atoms with Crippen molar-refractivity contribution in [1.82, 2.24) is 10.3 Å². The maximum absolute atomic E-state index is 6.58. The summed E-state index contributed by atoms with van der Waals surface area (Å²) in [6, 6.07) is 25.1. The second kappa shape index (κ2) is 11.3. The van der Waals surface area contributed by atoms with Gasteiger partial charge in [-0.05, 0) is 66.8 Å². The van der Waals surface area contributed by atoms with Gasteiger partial charge in [-0.25, -0.2) is 0 Å². The monoisotopic (exact) mass is 537 g/mol. The lowest BCUT2D eigenvalue weighted by atomic mass is 10.0. The van der Waals surface area contributed by atoms with Gasteiger partial charge in [0.15, 0.2) is 10.2 Å². The molecule has 184 valence electrons. The molecule has 0 spiro atoms. The molecule has 2 aromatic heterocycles. The van der Waals surface area contributed by atoms with Gasteiger partial charge in [-0.15, -0.1) is 0 Å². The summed E-state index contributed by atoms with van der Waals surface area (Å²) < 4.78 is 17.2. The van der Waals surface area contributed by atoms with Crippen LogP contribution in [-0.2, 0) is 4.74 Å². The average Bonchev–Trinajstić information content (AvgIpc) is 3.50. The largest absolute Gasteiger partial charge is 0.490 e. The van der Waals surface area contributed by atoms with Crippen molar-refractivity contribution in [2.45, 2.75) is 22.1 Å². The number of thiocarbonyl (C=S) groups is 1. The number of nitrogens with zero attached hydrogens (tertiary/aromatic N) is 2. The first kappa shape index (κ1) is 24.6. The van der Waals surface area contributed by atoms with E-state index in [1.807, 2.05) is 71.6 Å². The molecular formula is C27H24ClN3O3S2. The normalized spacial score (nSPS) is 17.3. The molecule has 0 aliphatic carbocycles. The predicted molar refractivity (Wildman–Crippen MR) is 146 cm³/mol. The van der Waals surface area contributed by atoms with Crippen molar-refractivity contribution in [3.63, 3.8) is 0 Å². The fourth-order valence-corrected chi connectivity index (χ4v) is 5.44. The molecule has 1 aliphatic rings. The first-order valence-electron chi connectivity index (χ1n) is 11.4. The van der Waals surface area contributed by atoms with Gasteiger partial charge in [-0.1, -0.05) is 47.6 Å². The Hall–Kier alpha value is -3.04. The molecular weight excluding hydrogens is 514 g/mol. The third-order valence-corrected chi connectivity index (χ3v) is 7.23. The third kappa shape index (κ3) is 5.37. The molecule has 0 bridgehead atoms. The molecule has 1 fully saturated rings. The molecule has 1 saturated heterocycles. The third-order valence-electron chi connectivity index (χ3n) is 5.69. The summed E-state index contributed by atoms with van der Waals surface area (Å²) in [5, 5.41) is 5.29. The minimum absolute atomic E-state index is 0.212. The minimum atomic E-state index is -0.270. The number of aromatic nitrogens is 1. The summed E-state index contributed by atoms with van der Waals surface area (Å²) in [6.07, 6.45) is 1.78. The number of pyridine rings is 1. The number of furan rings is 1. The highest BCUT2D eigenvalue weighted by atomic mass is 35.5. The van der Waals surface area contributed by atoms with Crippen LogP contribution in [0, 0.1) is 0 Å². The molecule has 36 heavy (non-hydrogen) atoms. The van der Waals surface area contributed by atoms with Gasteiger partial charge in [0, 0.05) is 23.9 Å². The second-order valence-corrected chi connectivity index (χ2v) is 9.90. The van der Waals surface area contributed by atoms with Crippen molar-refractivity contribution in [1.29, 1.82) is 0 Å². The molecule has 9 heteroatoms. The van der Waals surface area contributed by atoms with Crippen LogP contribution in [0.25, 0.3) is 0 Å². The number of methoxy groups -OCH3 is 1. The summed E-state index contributed by atoms with van der Waals surface area (Å²) in [6.45, 7) is 0.895. The Morgan fingerprint density at radius 1 is 1.06 bits per heavy atom. The number of hydrogen-bond donors (Lipinski definition) is 1. The van der Waals surface area contributed by atoms with Crippen LogP contribution in [-0.4, -0.2) is 30.4 Å². The quantitative estimate of drug-likeness (QED) is 0.187. The predicted octanol–water partition coefficient (Wildman–Crippen LogP) is 6.68. The Bertz CT molecular complexity index is 1320. The minimum Gasteiger partial charge on any atom is -0.490 e. The van der Waals surface area contributed by atoms with E-state index < -0.39 is 0 Å². The van der Waals surface area contributed by atoms with Crippen LogP contribution in [0.15, 0.2) is 99.5 Å². The molecule has 0 amide bonds. The van der Waals surface area contributed by atoms with Gasteiger partial charge < -0.3 is 24.1 Å². The van der Waals surface area contributed by atoms with E-state index in [-0.39, 0.29) is 12.1 Å². The van der Waals surface area contributed by atoms with E-state index in [0.717, 1.165) is 27.1 Å². The number of anilines is 1. The number of hydrogen-bond acceptors (Lipinski definition) is 6. The number of halogens is 1. The fourth-order valence-electron chi connectivity index (χ4n) is 4.07. The van der Waals surface area contributed by atoms with E-state index in [0.29, 0.717) is 29.1 Å². The standard InChI is InChI=1S/C27H24ClN3O3S2/c1-32-15-16-33-22-11-10-18(17-20(22)28)31-26(25(30-27(31)35)21-9-5-6-14-29-21)23-12-13-24(34-23)36-19-7-3-2-4-8-19/h2-14,17,25-26H,15-16H2,1H3,(H,30,35)/t25-,26+/m0/s1. The highest BCUT2D eigenvalue weighted by Gasteiger charge is 2.42.